The van der Waals surface area contributed by atoms with E-state index < -0.39 is 5.91 Å². The summed E-state index contributed by atoms with van der Waals surface area (Å²) < 4.78 is 1.97. The van der Waals surface area contributed by atoms with Crippen molar-refractivity contribution in [2.75, 3.05) is 11.1 Å². The van der Waals surface area contributed by atoms with E-state index in [-0.39, 0.29) is 11.7 Å². The van der Waals surface area contributed by atoms with Gasteiger partial charge in [0, 0.05) is 4.88 Å². The van der Waals surface area contributed by atoms with Crippen LogP contribution in [-0.4, -0.2) is 22.6 Å². The van der Waals surface area contributed by atoms with Crippen molar-refractivity contribution in [2.24, 2.45) is 11.7 Å². The number of nitrogens with zero attached hydrogens (tertiary/aromatic N) is 1. The van der Waals surface area contributed by atoms with E-state index >= 15 is 0 Å². The zero-order valence-electron chi connectivity index (χ0n) is 14.8. The summed E-state index contributed by atoms with van der Waals surface area (Å²) in [6, 6.07) is 7.92. The lowest BCUT2D eigenvalue weighted by Gasteiger charge is -2.18. The molecule has 0 saturated heterocycles. The van der Waals surface area contributed by atoms with Gasteiger partial charge in [0.15, 0.2) is 4.34 Å². The molecule has 2 aromatic heterocycles. The van der Waals surface area contributed by atoms with Crippen LogP contribution in [0.25, 0.3) is 10.2 Å². The molecule has 140 valence electrons. The lowest BCUT2D eigenvalue weighted by molar-refractivity contribution is -0.113. The number of primary amides is 1. The smallest absolute Gasteiger partial charge is 0.251 e. The highest BCUT2D eigenvalue weighted by Crippen LogP contribution is 2.39. The molecule has 0 aliphatic heterocycles. The highest BCUT2D eigenvalue weighted by Gasteiger charge is 2.27. The van der Waals surface area contributed by atoms with E-state index in [1.807, 2.05) is 24.3 Å². The summed E-state index contributed by atoms with van der Waals surface area (Å²) in [6.45, 7) is 2.21. The molecule has 0 bridgehead atoms. The van der Waals surface area contributed by atoms with Crippen LogP contribution < -0.4 is 11.1 Å². The molecule has 5 nitrogen and oxygen atoms in total. The minimum Gasteiger partial charge on any atom is -0.365 e. The molecular formula is C19H19N3O2S3. The molecule has 1 aliphatic carbocycles. The Hall–Kier alpha value is -1.90. The number of fused-ring (bicyclic) bond motifs is 2. The van der Waals surface area contributed by atoms with E-state index in [1.165, 1.54) is 28.0 Å². The number of benzene rings is 1. The summed E-state index contributed by atoms with van der Waals surface area (Å²) in [5, 5.41) is 3.50. The van der Waals surface area contributed by atoms with Crippen molar-refractivity contribution in [2.45, 2.75) is 30.5 Å². The first kappa shape index (κ1) is 18.5. The fourth-order valence-electron chi connectivity index (χ4n) is 3.30. The van der Waals surface area contributed by atoms with Crippen molar-refractivity contribution in [3.63, 3.8) is 0 Å². The first-order valence-corrected chi connectivity index (χ1v) is 11.4. The Kier molecular flexibility index (Phi) is 5.21. The third kappa shape index (κ3) is 3.88. The topological polar surface area (TPSA) is 85.1 Å². The van der Waals surface area contributed by atoms with Crippen molar-refractivity contribution in [3.05, 3.63) is 40.3 Å². The number of thiophene rings is 1. The molecule has 1 atom stereocenters. The number of aromatic nitrogens is 1. The molecular weight excluding hydrogens is 398 g/mol. The third-order valence-electron chi connectivity index (χ3n) is 4.61. The minimum absolute atomic E-state index is 0.145. The molecule has 3 N–H and O–H groups in total. The molecule has 8 heteroatoms. The normalized spacial score (nSPS) is 16.3. The molecule has 0 fully saturated rings. The predicted octanol–water partition coefficient (Wildman–Crippen LogP) is 4.31. The van der Waals surface area contributed by atoms with Crippen LogP contribution in [-0.2, 0) is 17.6 Å². The third-order valence-corrected chi connectivity index (χ3v) is 7.96. The van der Waals surface area contributed by atoms with Gasteiger partial charge in [0.05, 0.1) is 21.5 Å². The number of thiazole rings is 1. The van der Waals surface area contributed by atoms with E-state index in [0.29, 0.717) is 16.5 Å². The zero-order valence-corrected chi connectivity index (χ0v) is 17.2. The lowest BCUT2D eigenvalue weighted by atomic mass is 9.88. The van der Waals surface area contributed by atoms with Crippen LogP contribution in [0.15, 0.2) is 28.6 Å². The quantitative estimate of drug-likeness (QED) is 0.606. The Balaban J connectivity index is 1.47. The number of carbonyl (C=O) groups is 2. The summed E-state index contributed by atoms with van der Waals surface area (Å²) in [5.74, 6) is 0.233. The summed E-state index contributed by atoms with van der Waals surface area (Å²) in [7, 11) is 0. The van der Waals surface area contributed by atoms with Crippen molar-refractivity contribution >= 4 is 61.5 Å². The molecule has 0 spiro atoms. The maximum atomic E-state index is 12.5. The number of carbonyl (C=O) groups excluding carboxylic acids is 2. The summed E-state index contributed by atoms with van der Waals surface area (Å²) in [4.78, 5) is 30.1. The lowest BCUT2D eigenvalue weighted by Crippen LogP contribution is -2.20. The number of nitrogens with two attached hydrogens (primary N) is 1. The van der Waals surface area contributed by atoms with Gasteiger partial charge in [-0.25, -0.2) is 4.98 Å². The van der Waals surface area contributed by atoms with Crippen LogP contribution in [0.1, 0.15) is 34.1 Å². The van der Waals surface area contributed by atoms with Gasteiger partial charge in [-0.15, -0.1) is 22.7 Å². The van der Waals surface area contributed by atoms with Crippen LogP contribution in [0.5, 0.6) is 0 Å². The fourth-order valence-corrected chi connectivity index (χ4v) is 6.60. The molecule has 0 unspecified atom stereocenters. The molecule has 2 heterocycles. The number of rotatable bonds is 5. The molecule has 27 heavy (non-hydrogen) atoms. The van der Waals surface area contributed by atoms with Gasteiger partial charge in [-0.2, -0.15) is 0 Å². The van der Waals surface area contributed by atoms with Crippen molar-refractivity contribution in [3.8, 4) is 0 Å². The Morgan fingerprint density at radius 1 is 1.33 bits per heavy atom. The fraction of sp³-hybridized carbons (Fsp3) is 0.316. The summed E-state index contributed by atoms with van der Waals surface area (Å²) in [6.07, 6.45) is 2.84. The van der Waals surface area contributed by atoms with Crippen LogP contribution in [0.3, 0.4) is 0 Å². The molecule has 1 aliphatic rings. The number of amides is 2. The maximum absolute atomic E-state index is 12.5. The number of para-hydroxylation sites is 1. The van der Waals surface area contributed by atoms with Gasteiger partial charge in [0.1, 0.15) is 5.00 Å². The average molecular weight is 418 g/mol. The van der Waals surface area contributed by atoms with Crippen LogP contribution in [0.2, 0.25) is 0 Å². The van der Waals surface area contributed by atoms with Crippen molar-refractivity contribution < 1.29 is 9.59 Å². The molecule has 4 rings (SSSR count). The monoisotopic (exact) mass is 417 g/mol. The van der Waals surface area contributed by atoms with E-state index in [4.69, 9.17) is 5.73 Å². The zero-order chi connectivity index (χ0) is 19.0. The van der Waals surface area contributed by atoms with Gasteiger partial charge >= 0.3 is 0 Å². The largest absolute Gasteiger partial charge is 0.365 e. The van der Waals surface area contributed by atoms with Crippen LogP contribution in [0, 0.1) is 5.92 Å². The second-order valence-electron chi connectivity index (χ2n) is 6.70. The second-order valence-corrected chi connectivity index (χ2v) is 10.1. The maximum Gasteiger partial charge on any atom is 0.251 e. The standard InChI is InChI=1S/C19H19N3O2S3/c1-10-6-7-11-14(8-10)26-18(16(11)17(20)24)22-15(23)9-25-19-21-12-4-2-3-5-13(12)27-19/h2-5,10H,6-9H2,1H3,(H2,20,24)(H,22,23)/t10-/m0/s1. The van der Waals surface area contributed by atoms with Gasteiger partial charge in [-0.3, -0.25) is 9.59 Å². The van der Waals surface area contributed by atoms with E-state index in [2.05, 4.69) is 17.2 Å². The molecule has 3 aromatic rings. The molecule has 2 amide bonds. The summed E-state index contributed by atoms with van der Waals surface area (Å²) >= 11 is 4.48. The van der Waals surface area contributed by atoms with Crippen LogP contribution in [0.4, 0.5) is 5.00 Å². The number of nitrogens with one attached hydrogen (secondary N) is 1. The number of hydrogen-bond donors (Lipinski definition) is 2. The van der Waals surface area contributed by atoms with Gasteiger partial charge < -0.3 is 11.1 Å². The minimum atomic E-state index is -0.462. The van der Waals surface area contributed by atoms with Crippen LogP contribution >= 0.6 is 34.4 Å². The Morgan fingerprint density at radius 3 is 2.93 bits per heavy atom. The molecule has 0 saturated carbocycles. The first-order chi connectivity index (χ1) is 13.0. The van der Waals surface area contributed by atoms with Crippen molar-refractivity contribution in [1.82, 2.24) is 4.98 Å². The predicted molar refractivity (Wildman–Crippen MR) is 113 cm³/mol. The molecule has 1 aromatic carbocycles. The summed E-state index contributed by atoms with van der Waals surface area (Å²) in [5.41, 5.74) is 8.08. The van der Waals surface area contributed by atoms with Gasteiger partial charge in [-0.1, -0.05) is 30.8 Å². The first-order valence-electron chi connectivity index (χ1n) is 8.74. The Bertz CT molecular complexity index is 992. The van der Waals surface area contributed by atoms with Crippen molar-refractivity contribution in [1.29, 1.82) is 0 Å². The highest BCUT2D eigenvalue weighted by atomic mass is 32.2. The SMILES string of the molecule is C[C@H]1CCc2c(sc(NC(=O)CSc3nc4ccccc4s3)c2C(N)=O)C1. The van der Waals surface area contributed by atoms with E-state index in [1.54, 1.807) is 11.3 Å². The second kappa shape index (κ2) is 7.61. The Labute approximate surface area is 169 Å². The van der Waals surface area contributed by atoms with E-state index in [9.17, 15) is 9.59 Å². The number of thioether (sulfide) groups is 1. The van der Waals surface area contributed by atoms with Gasteiger partial charge in [0.2, 0.25) is 5.91 Å². The van der Waals surface area contributed by atoms with E-state index in [0.717, 1.165) is 39.4 Å². The Morgan fingerprint density at radius 2 is 2.15 bits per heavy atom. The van der Waals surface area contributed by atoms with Gasteiger partial charge in [-0.05, 0) is 42.9 Å². The average Bonchev–Trinajstić information content (AvgIpc) is 3.19. The number of anilines is 1. The highest BCUT2D eigenvalue weighted by molar-refractivity contribution is 8.01. The number of hydrogen-bond acceptors (Lipinski definition) is 6. The van der Waals surface area contributed by atoms with Gasteiger partial charge in [0.25, 0.3) is 5.91 Å². The molecule has 0 radical (unpaired) electrons.